The number of hydrogen-bond acceptors (Lipinski definition) is 4. The number of carbonyl (C=O) groups is 1. The van der Waals surface area contributed by atoms with Crippen LogP contribution in [0.15, 0.2) is 48.5 Å². The summed E-state index contributed by atoms with van der Waals surface area (Å²) in [5.41, 5.74) is 5.24. The van der Waals surface area contributed by atoms with Crippen LogP contribution in [0.4, 0.5) is 5.82 Å². The second-order valence-corrected chi connectivity index (χ2v) is 8.71. The van der Waals surface area contributed by atoms with E-state index in [2.05, 4.69) is 24.0 Å². The van der Waals surface area contributed by atoms with Crippen LogP contribution in [0.3, 0.4) is 0 Å². The molecule has 0 saturated carbocycles. The number of amides is 1. The van der Waals surface area contributed by atoms with E-state index in [1.807, 2.05) is 55.1 Å². The molecular weight excluding hydrogens is 420 g/mol. The number of carbonyl (C=O) groups excluding carboxylic acids is 1. The fourth-order valence-corrected chi connectivity index (χ4v) is 4.41. The Balaban J connectivity index is 1.56. The minimum Gasteiger partial charge on any atom is -0.353 e. The molecule has 0 aliphatic carbocycles. The molecule has 2 heterocycles. The van der Waals surface area contributed by atoms with E-state index in [0.717, 1.165) is 59.4 Å². The predicted molar refractivity (Wildman–Crippen MR) is 130 cm³/mol. The summed E-state index contributed by atoms with van der Waals surface area (Å²) in [7, 11) is 0. The Labute approximate surface area is 195 Å². The molecule has 1 aliphatic rings. The zero-order valence-corrected chi connectivity index (χ0v) is 19.7. The van der Waals surface area contributed by atoms with Gasteiger partial charge in [-0.15, -0.1) is 0 Å². The first-order chi connectivity index (χ1) is 15.5. The average Bonchev–Trinajstić information content (AvgIpc) is 2.81. The zero-order valence-electron chi connectivity index (χ0n) is 18.9. The van der Waals surface area contributed by atoms with E-state index in [9.17, 15) is 4.79 Å². The lowest BCUT2D eigenvalue weighted by molar-refractivity contribution is 0.0745. The van der Waals surface area contributed by atoms with E-state index in [0.29, 0.717) is 13.1 Å². The molecule has 3 aromatic rings. The van der Waals surface area contributed by atoms with Crippen molar-refractivity contribution in [3.05, 3.63) is 87.3 Å². The van der Waals surface area contributed by atoms with Crippen molar-refractivity contribution in [1.29, 1.82) is 0 Å². The maximum atomic E-state index is 13.0. The molecule has 6 heteroatoms. The smallest absolute Gasteiger partial charge is 0.254 e. The van der Waals surface area contributed by atoms with Crippen LogP contribution in [0, 0.1) is 13.8 Å². The van der Waals surface area contributed by atoms with Crippen LogP contribution in [0.2, 0.25) is 5.02 Å². The molecule has 0 radical (unpaired) electrons. The van der Waals surface area contributed by atoms with Crippen molar-refractivity contribution in [2.75, 3.05) is 31.1 Å². The van der Waals surface area contributed by atoms with Crippen LogP contribution < -0.4 is 4.90 Å². The van der Waals surface area contributed by atoms with Crippen LogP contribution in [-0.2, 0) is 12.8 Å². The molecule has 32 heavy (non-hydrogen) atoms. The van der Waals surface area contributed by atoms with Crippen LogP contribution in [0.5, 0.6) is 0 Å². The third-order valence-corrected chi connectivity index (χ3v) is 6.31. The Kier molecular flexibility index (Phi) is 6.75. The Bertz CT molecular complexity index is 1110. The monoisotopic (exact) mass is 448 g/mol. The molecule has 2 aromatic carbocycles. The number of aromatic nitrogens is 2. The lowest BCUT2D eigenvalue weighted by Gasteiger charge is -2.37. The summed E-state index contributed by atoms with van der Waals surface area (Å²) in [4.78, 5) is 26.9. The Morgan fingerprint density at radius 3 is 2.31 bits per heavy atom. The highest BCUT2D eigenvalue weighted by molar-refractivity contribution is 6.30. The summed E-state index contributed by atoms with van der Waals surface area (Å²) in [6, 6.07) is 15.8. The summed E-state index contributed by atoms with van der Waals surface area (Å²) in [5.74, 6) is 1.89. The summed E-state index contributed by atoms with van der Waals surface area (Å²) >= 11 is 6.08. The fraction of sp³-hybridized carbons (Fsp3) is 0.346. The SMILES string of the molecule is CCc1nc(C)nc(N2CCN(C(=O)c3ccccc3C)CC2)c1Cc1ccc(Cl)cc1. The molecule has 1 saturated heterocycles. The van der Waals surface area contributed by atoms with Gasteiger partial charge in [-0.3, -0.25) is 4.79 Å². The maximum absolute atomic E-state index is 13.0. The molecule has 0 unspecified atom stereocenters. The first-order valence-electron chi connectivity index (χ1n) is 11.2. The van der Waals surface area contributed by atoms with Gasteiger partial charge in [0.1, 0.15) is 11.6 Å². The second-order valence-electron chi connectivity index (χ2n) is 8.27. The number of aryl methyl sites for hydroxylation is 3. The standard InChI is InChI=1S/C26H29ClN4O/c1-4-24-23(17-20-9-11-21(27)12-10-20)25(29-19(3)28-24)30-13-15-31(16-14-30)26(32)22-8-6-5-7-18(22)2/h5-12H,4,13-17H2,1-3H3. The van der Waals surface area contributed by atoms with Gasteiger partial charge < -0.3 is 9.80 Å². The highest BCUT2D eigenvalue weighted by atomic mass is 35.5. The van der Waals surface area contributed by atoms with Crippen LogP contribution in [0.1, 0.15) is 45.5 Å². The molecule has 1 amide bonds. The van der Waals surface area contributed by atoms with Gasteiger partial charge in [0.2, 0.25) is 0 Å². The molecule has 0 N–H and O–H groups in total. The largest absolute Gasteiger partial charge is 0.353 e. The van der Waals surface area contributed by atoms with Gasteiger partial charge in [0.05, 0.1) is 0 Å². The number of hydrogen-bond donors (Lipinski definition) is 0. The minimum absolute atomic E-state index is 0.109. The number of anilines is 1. The minimum atomic E-state index is 0.109. The van der Waals surface area contributed by atoms with Crippen LogP contribution in [0.25, 0.3) is 0 Å². The van der Waals surface area contributed by atoms with Crippen molar-refractivity contribution in [1.82, 2.24) is 14.9 Å². The van der Waals surface area contributed by atoms with Crippen molar-refractivity contribution < 1.29 is 4.79 Å². The third kappa shape index (κ3) is 4.78. The number of nitrogens with zero attached hydrogens (tertiary/aromatic N) is 4. The van der Waals surface area contributed by atoms with Crippen molar-refractivity contribution >= 4 is 23.3 Å². The number of halogens is 1. The van der Waals surface area contributed by atoms with E-state index in [1.165, 1.54) is 11.1 Å². The fourth-order valence-electron chi connectivity index (χ4n) is 4.28. The number of piperazine rings is 1. The van der Waals surface area contributed by atoms with Crippen molar-refractivity contribution in [2.45, 2.75) is 33.6 Å². The predicted octanol–water partition coefficient (Wildman–Crippen LogP) is 4.86. The molecular formula is C26H29ClN4O. The normalized spacial score (nSPS) is 14.0. The molecule has 4 rings (SSSR count). The van der Waals surface area contributed by atoms with E-state index in [4.69, 9.17) is 21.6 Å². The summed E-state index contributed by atoms with van der Waals surface area (Å²) in [5, 5.41) is 0.735. The molecule has 0 bridgehead atoms. The Hall–Kier alpha value is -2.92. The second kappa shape index (κ2) is 9.70. The molecule has 5 nitrogen and oxygen atoms in total. The van der Waals surface area contributed by atoms with E-state index in [1.54, 1.807) is 0 Å². The van der Waals surface area contributed by atoms with Gasteiger partial charge in [-0.2, -0.15) is 0 Å². The Morgan fingerprint density at radius 1 is 0.969 bits per heavy atom. The van der Waals surface area contributed by atoms with E-state index >= 15 is 0 Å². The van der Waals surface area contributed by atoms with Gasteiger partial charge in [0.15, 0.2) is 0 Å². The summed E-state index contributed by atoms with van der Waals surface area (Å²) in [6.07, 6.45) is 1.61. The molecule has 0 spiro atoms. The topological polar surface area (TPSA) is 49.3 Å². The van der Waals surface area contributed by atoms with Gasteiger partial charge >= 0.3 is 0 Å². The molecule has 166 valence electrons. The lowest BCUT2D eigenvalue weighted by Crippen LogP contribution is -2.49. The van der Waals surface area contributed by atoms with Gasteiger partial charge in [-0.1, -0.05) is 48.9 Å². The average molecular weight is 449 g/mol. The highest BCUT2D eigenvalue weighted by Gasteiger charge is 2.26. The van der Waals surface area contributed by atoms with Crippen molar-refractivity contribution in [3.63, 3.8) is 0 Å². The summed E-state index contributed by atoms with van der Waals surface area (Å²) < 4.78 is 0. The molecule has 1 fully saturated rings. The number of rotatable bonds is 5. The third-order valence-electron chi connectivity index (χ3n) is 6.05. The molecule has 1 aliphatic heterocycles. The van der Waals surface area contributed by atoms with Gasteiger partial charge in [-0.05, 0) is 49.6 Å². The van der Waals surface area contributed by atoms with Crippen molar-refractivity contribution in [3.8, 4) is 0 Å². The van der Waals surface area contributed by atoms with Gasteiger partial charge in [0.25, 0.3) is 5.91 Å². The molecule has 0 atom stereocenters. The van der Waals surface area contributed by atoms with Crippen molar-refractivity contribution in [2.24, 2.45) is 0 Å². The van der Waals surface area contributed by atoms with Gasteiger partial charge in [-0.25, -0.2) is 9.97 Å². The van der Waals surface area contributed by atoms with Gasteiger partial charge in [0, 0.05) is 54.4 Å². The van der Waals surface area contributed by atoms with E-state index < -0.39 is 0 Å². The first kappa shape index (κ1) is 22.3. The highest BCUT2D eigenvalue weighted by Crippen LogP contribution is 2.27. The first-order valence-corrected chi connectivity index (χ1v) is 11.5. The Morgan fingerprint density at radius 2 is 1.66 bits per heavy atom. The van der Waals surface area contributed by atoms with Crippen LogP contribution in [-0.4, -0.2) is 47.0 Å². The van der Waals surface area contributed by atoms with Crippen LogP contribution >= 0.6 is 11.6 Å². The van der Waals surface area contributed by atoms with E-state index in [-0.39, 0.29) is 5.91 Å². The lowest BCUT2D eigenvalue weighted by atomic mass is 10.0. The summed E-state index contributed by atoms with van der Waals surface area (Å²) in [6.45, 7) is 8.94. The number of benzene rings is 2. The quantitative estimate of drug-likeness (QED) is 0.559. The maximum Gasteiger partial charge on any atom is 0.254 e. The molecule has 1 aromatic heterocycles. The zero-order chi connectivity index (χ0) is 22.7.